The van der Waals surface area contributed by atoms with Gasteiger partial charge in [0, 0.05) is 12.1 Å². The second-order valence-corrected chi connectivity index (χ2v) is 7.77. The van der Waals surface area contributed by atoms with Crippen molar-refractivity contribution in [2.24, 2.45) is 0 Å². The third-order valence-electron chi connectivity index (χ3n) is 3.31. The molecule has 0 amide bonds. The van der Waals surface area contributed by atoms with Crippen molar-refractivity contribution in [2.45, 2.75) is 37.6 Å². The van der Waals surface area contributed by atoms with Crippen LogP contribution < -0.4 is 10.0 Å². The van der Waals surface area contributed by atoms with Gasteiger partial charge in [0.2, 0.25) is 10.0 Å². The highest BCUT2D eigenvalue weighted by Crippen LogP contribution is 2.23. The van der Waals surface area contributed by atoms with Gasteiger partial charge >= 0.3 is 0 Å². The van der Waals surface area contributed by atoms with Gasteiger partial charge in [0.15, 0.2) is 0 Å². The van der Waals surface area contributed by atoms with E-state index < -0.39 is 10.0 Å². The summed E-state index contributed by atoms with van der Waals surface area (Å²) in [6.45, 7) is 2.89. The standard InChI is InChI=1S/C13H18Cl2N2O2S/c1-9-6-11(4-5-16-9)17-20(18,19)8-10-2-3-12(14)13(15)7-10/h2-3,7,9,11,16-17H,4-6,8H2,1H3. The van der Waals surface area contributed by atoms with E-state index in [1.807, 2.05) is 0 Å². The first kappa shape index (κ1) is 16.0. The molecule has 1 saturated heterocycles. The zero-order chi connectivity index (χ0) is 14.8. The Morgan fingerprint density at radius 3 is 2.75 bits per heavy atom. The van der Waals surface area contributed by atoms with Crippen LogP contribution in [0.15, 0.2) is 18.2 Å². The van der Waals surface area contributed by atoms with E-state index in [0.717, 1.165) is 19.4 Å². The molecule has 0 bridgehead atoms. The van der Waals surface area contributed by atoms with Crippen LogP contribution >= 0.6 is 23.2 Å². The average Bonchev–Trinajstić information content (AvgIpc) is 2.33. The fraction of sp³-hybridized carbons (Fsp3) is 0.538. The van der Waals surface area contributed by atoms with Gasteiger partial charge in [0.1, 0.15) is 0 Å². The number of piperidine rings is 1. The summed E-state index contributed by atoms with van der Waals surface area (Å²) in [4.78, 5) is 0. The van der Waals surface area contributed by atoms with Crippen molar-refractivity contribution in [2.75, 3.05) is 6.54 Å². The van der Waals surface area contributed by atoms with Gasteiger partial charge in [0.25, 0.3) is 0 Å². The Hall–Kier alpha value is -0.330. The molecule has 2 atom stereocenters. The van der Waals surface area contributed by atoms with E-state index in [4.69, 9.17) is 23.2 Å². The monoisotopic (exact) mass is 336 g/mol. The molecular weight excluding hydrogens is 319 g/mol. The number of benzene rings is 1. The molecule has 112 valence electrons. The van der Waals surface area contributed by atoms with Gasteiger partial charge in [-0.3, -0.25) is 0 Å². The van der Waals surface area contributed by atoms with Crippen molar-refractivity contribution in [3.05, 3.63) is 33.8 Å². The third kappa shape index (κ3) is 4.60. The molecule has 2 rings (SSSR count). The Bertz CT molecular complexity index is 578. The minimum Gasteiger partial charge on any atom is -0.314 e. The minimum absolute atomic E-state index is 0.000905. The second kappa shape index (κ2) is 6.62. The maximum Gasteiger partial charge on any atom is 0.216 e. The highest BCUT2D eigenvalue weighted by Gasteiger charge is 2.23. The van der Waals surface area contributed by atoms with E-state index in [0.29, 0.717) is 21.7 Å². The molecule has 1 aromatic carbocycles. The highest BCUT2D eigenvalue weighted by atomic mass is 35.5. The van der Waals surface area contributed by atoms with Gasteiger partial charge in [-0.15, -0.1) is 0 Å². The molecule has 1 fully saturated rings. The molecule has 0 aliphatic carbocycles. The number of nitrogens with one attached hydrogen (secondary N) is 2. The first-order valence-electron chi connectivity index (χ1n) is 6.53. The molecule has 20 heavy (non-hydrogen) atoms. The van der Waals surface area contributed by atoms with E-state index in [2.05, 4.69) is 17.0 Å². The van der Waals surface area contributed by atoms with Gasteiger partial charge in [-0.1, -0.05) is 29.3 Å². The number of sulfonamides is 1. The summed E-state index contributed by atoms with van der Waals surface area (Å²) in [6, 6.07) is 5.22. The lowest BCUT2D eigenvalue weighted by Crippen LogP contribution is -2.46. The largest absolute Gasteiger partial charge is 0.314 e. The molecule has 0 saturated carbocycles. The molecule has 1 aliphatic heterocycles. The van der Waals surface area contributed by atoms with Gasteiger partial charge in [-0.05, 0) is 44.0 Å². The topological polar surface area (TPSA) is 58.2 Å². The molecule has 1 aliphatic rings. The van der Waals surface area contributed by atoms with Gasteiger partial charge < -0.3 is 5.32 Å². The fourth-order valence-corrected chi connectivity index (χ4v) is 4.13. The van der Waals surface area contributed by atoms with Crippen molar-refractivity contribution >= 4 is 33.2 Å². The van der Waals surface area contributed by atoms with Gasteiger partial charge in [-0.25, -0.2) is 13.1 Å². The second-order valence-electron chi connectivity index (χ2n) is 5.20. The lowest BCUT2D eigenvalue weighted by molar-refractivity contribution is 0.361. The minimum atomic E-state index is -3.37. The molecule has 2 unspecified atom stereocenters. The average molecular weight is 337 g/mol. The lowest BCUT2D eigenvalue weighted by atomic mass is 10.0. The quantitative estimate of drug-likeness (QED) is 0.888. The van der Waals surface area contributed by atoms with Crippen LogP contribution in [-0.4, -0.2) is 27.0 Å². The van der Waals surface area contributed by atoms with Crippen LogP contribution in [0.2, 0.25) is 10.0 Å². The summed E-state index contributed by atoms with van der Waals surface area (Å²) in [6.07, 6.45) is 1.62. The summed E-state index contributed by atoms with van der Waals surface area (Å²) < 4.78 is 27.1. The van der Waals surface area contributed by atoms with Crippen molar-refractivity contribution in [1.29, 1.82) is 0 Å². The Labute approximate surface area is 129 Å². The summed E-state index contributed by atoms with van der Waals surface area (Å²) >= 11 is 11.7. The number of hydrogen-bond acceptors (Lipinski definition) is 3. The van der Waals surface area contributed by atoms with E-state index in [9.17, 15) is 8.42 Å². The van der Waals surface area contributed by atoms with Crippen LogP contribution in [0.3, 0.4) is 0 Å². The fourth-order valence-electron chi connectivity index (χ4n) is 2.38. The molecule has 0 aromatic heterocycles. The van der Waals surface area contributed by atoms with E-state index >= 15 is 0 Å². The number of halogens is 2. The molecule has 4 nitrogen and oxygen atoms in total. The molecule has 1 aromatic rings. The molecule has 7 heteroatoms. The SMILES string of the molecule is CC1CC(NS(=O)(=O)Cc2ccc(Cl)c(Cl)c2)CCN1. The normalized spacial score (nSPS) is 23.8. The van der Waals surface area contributed by atoms with Crippen LogP contribution in [0, 0.1) is 0 Å². The molecule has 1 heterocycles. The highest BCUT2D eigenvalue weighted by molar-refractivity contribution is 7.88. The number of rotatable bonds is 4. The van der Waals surface area contributed by atoms with Crippen molar-refractivity contribution in [1.82, 2.24) is 10.0 Å². The van der Waals surface area contributed by atoms with Gasteiger partial charge in [0.05, 0.1) is 15.8 Å². The smallest absolute Gasteiger partial charge is 0.216 e. The Kier molecular flexibility index (Phi) is 5.31. The van der Waals surface area contributed by atoms with Crippen molar-refractivity contribution in [3.63, 3.8) is 0 Å². The zero-order valence-corrected chi connectivity index (χ0v) is 13.5. The Balaban J connectivity index is 2.01. The summed E-state index contributed by atoms with van der Waals surface area (Å²) in [5.41, 5.74) is 0.633. The Morgan fingerprint density at radius 2 is 2.10 bits per heavy atom. The van der Waals surface area contributed by atoms with E-state index in [-0.39, 0.29) is 11.8 Å². The predicted octanol–water partition coefficient (Wildman–Crippen LogP) is 2.55. The van der Waals surface area contributed by atoms with Crippen LogP contribution in [0.5, 0.6) is 0 Å². The predicted molar refractivity (Wildman–Crippen MR) is 82.7 cm³/mol. The third-order valence-corrected chi connectivity index (χ3v) is 5.46. The molecule has 0 spiro atoms. The Morgan fingerprint density at radius 1 is 1.35 bits per heavy atom. The van der Waals surface area contributed by atoms with Crippen molar-refractivity contribution in [3.8, 4) is 0 Å². The molecule has 2 N–H and O–H groups in total. The van der Waals surface area contributed by atoms with Crippen LogP contribution in [-0.2, 0) is 15.8 Å². The summed E-state index contributed by atoms with van der Waals surface area (Å²) in [7, 11) is -3.37. The van der Waals surface area contributed by atoms with Gasteiger partial charge in [-0.2, -0.15) is 0 Å². The van der Waals surface area contributed by atoms with Crippen LogP contribution in [0.25, 0.3) is 0 Å². The van der Waals surface area contributed by atoms with E-state index in [1.54, 1.807) is 18.2 Å². The lowest BCUT2D eigenvalue weighted by Gasteiger charge is -2.28. The number of hydrogen-bond donors (Lipinski definition) is 2. The summed E-state index contributed by atoms with van der Waals surface area (Å²) in [5, 5.41) is 4.09. The van der Waals surface area contributed by atoms with Crippen molar-refractivity contribution < 1.29 is 8.42 Å². The van der Waals surface area contributed by atoms with Crippen LogP contribution in [0.4, 0.5) is 0 Å². The maximum atomic E-state index is 12.2. The first-order valence-corrected chi connectivity index (χ1v) is 8.94. The van der Waals surface area contributed by atoms with E-state index in [1.165, 1.54) is 0 Å². The first-order chi connectivity index (χ1) is 9.35. The van der Waals surface area contributed by atoms with Crippen LogP contribution in [0.1, 0.15) is 25.3 Å². The molecule has 0 radical (unpaired) electrons. The summed E-state index contributed by atoms with van der Waals surface area (Å²) in [5.74, 6) is -0.0812. The maximum absolute atomic E-state index is 12.2. The molecular formula is C13H18Cl2N2O2S. The zero-order valence-electron chi connectivity index (χ0n) is 11.2.